The number of hydrogen-bond donors (Lipinski definition) is 5. The van der Waals surface area contributed by atoms with Crippen molar-refractivity contribution in [1.29, 1.82) is 0 Å². The zero-order valence-corrected chi connectivity index (χ0v) is 15.4. The number of aliphatic hydroxyl groups excluding tert-OH is 2. The summed E-state index contributed by atoms with van der Waals surface area (Å²) in [6.07, 6.45) is 1.35. The van der Waals surface area contributed by atoms with Crippen molar-refractivity contribution in [2.75, 3.05) is 19.7 Å². The fourth-order valence-corrected chi connectivity index (χ4v) is 2.46. The van der Waals surface area contributed by atoms with E-state index in [0.29, 0.717) is 13.0 Å². The van der Waals surface area contributed by atoms with Gasteiger partial charge in [-0.05, 0) is 32.3 Å². The zero-order valence-electron chi connectivity index (χ0n) is 14.5. The highest BCUT2D eigenvalue weighted by Gasteiger charge is 2.26. The van der Waals surface area contributed by atoms with Gasteiger partial charge in [-0.3, -0.25) is 4.79 Å². The van der Waals surface area contributed by atoms with Crippen molar-refractivity contribution in [3.8, 4) is 0 Å². The van der Waals surface area contributed by atoms with Crippen molar-refractivity contribution in [3.63, 3.8) is 0 Å². The average Bonchev–Trinajstić information content (AvgIpc) is 2.53. The average molecular weight is 355 g/mol. The minimum atomic E-state index is -0.796. The fraction of sp³-hybridized carbons (Fsp3) is 0.611. The van der Waals surface area contributed by atoms with Crippen LogP contribution in [0.5, 0.6) is 0 Å². The van der Waals surface area contributed by atoms with E-state index in [-0.39, 0.29) is 25.1 Å². The molecule has 0 radical (unpaired) electrons. The van der Waals surface area contributed by atoms with Gasteiger partial charge in [0.25, 0.3) is 0 Å². The summed E-state index contributed by atoms with van der Waals surface area (Å²) in [4.78, 5) is 12.2. The summed E-state index contributed by atoms with van der Waals surface area (Å²) in [5.74, 6) is 0.00237. The molecule has 1 rings (SSSR count). The van der Waals surface area contributed by atoms with E-state index in [1.807, 2.05) is 32.0 Å². The number of carbonyl (C=O) groups excluding carboxylic acids is 1. The third-order valence-corrected chi connectivity index (χ3v) is 4.15. The lowest BCUT2D eigenvalue weighted by atomic mass is 10.0. The molecular formula is C18H30N2O3S. The molecule has 0 spiro atoms. The molecular weight excluding hydrogens is 324 g/mol. The summed E-state index contributed by atoms with van der Waals surface area (Å²) >= 11 is 4.55. The van der Waals surface area contributed by atoms with Crippen molar-refractivity contribution in [3.05, 3.63) is 35.9 Å². The molecule has 0 aromatic heterocycles. The molecule has 136 valence electrons. The summed E-state index contributed by atoms with van der Waals surface area (Å²) < 4.78 is -0.397. The van der Waals surface area contributed by atoms with Gasteiger partial charge < -0.3 is 20.8 Å². The second kappa shape index (κ2) is 10.7. The van der Waals surface area contributed by atoms with Gasteiger partial charge in [-0.15, -0.1) is 0 Å². The molecule has 24 heavy (non-hydrogen) atoms. The molecule has 5 nitrogen and oxygen atoms in total. The molecule has 0 aliphatic rings. The smallest absolute Gasteiger partial charge is 0.220 e. The molecule has 0 aliphatic carbocycles. The maximum absolute atomic E-state index is 12.2. The zero-order chi connectivity index (χ0) is 18.0. The molecule has 4 N–H and O–H groups in total. The van der Waals surface area contributed by atoms with E-state index in [9.17, 15) is 9.90 Å². The first kappa shape index (κ1) is 21.0. The van der Waals surface area contributed by atoms with E-state index < -0.39 is 10.9 Å². The van der Waals surface area contributed by atoms with Crippen LogP contribution in [0, 0.1) is 0 Å². The Bertz CT molecular complexity index is 477. The lowest BCUT2D eigenvalue weighted by molar-refractivity contribution is -0.122. The second-order valence-corrected chi connectivity index (χ2v) is 7.76. The van der Waals surface area contributed by atoms with Crippen LogP contribution in [0.3, 0.4) is 0 Å². The summed E-state index contributed by atoms with van der Waals surface area (Å²) in [5, 5.41) is 24.3. The monoisotopic (exact) mass is 354 g/mol. The van der Waals surface area contributed by atoms with E-state index in [2.05, 4.69) is 35.4 Å². The Hall–Kier alpha value is -1.08. The molecule has 0 aliphatic heterocycles. The lowest BCUT2D eigenvalue weighted by Gasteiger charge is -2.31. The third kappa shape index (κ3) is 8.68. The third-order valence-electron chi connectivity index (χ3n) is 3.84. The second-order valence-electron chi connectivity index (χ2n) is 6.61. The largest absolute Gasteiger partial charge is 0.394 e. The molecule has 2 atom stereocenters. The van der Waals surface area contributed by atoms with Gasteiger partial charge in [-0.2, -0.15) is 12.6 Å². The summed E-state index contributed by atoms with van der Waals surface area (Å²) in [6.45, 7) is 4.36. The van der Waals surface area contributed by atoms with E-state index in [0.717, 1.165) is 12.8 Å². The van der Waals surface area contributed by atoms with Gasteiger partial charge in [0.1, 0.15) is 0 Å². The summed E-state index contributed by atoms with van der Waals surface area (Å²) in [5.41, 5.74) is 1.23. The van der Waals surface area contributed by atoms with Crippen LogP contribution in [0.4, 0.5) is 0 Å². The lowest BCUT2D eigenvalue weighted by Crippen LogP contribution is -2.52. The Balaban J connectivity index is 2.37. The van der Waals surface area contributed by atoms with Crippen LogP contribution in [-0.2, 0) is 11.2 Å². The number of hydrogen-bond acceptors (Lipinski definition) is 5. The van der Waals surface area contributed by atoms with Crippen LogP contribution in [0.1, 0.15) is 32.3 Å². The van der Waals surface area contributed by atoms with Crippen molar-refractivity contribution in [1.82, 2.24) is 10.6 Å². The molecule has 6 heteroatoms. The van der Waals surface area contributed by atoms with Gasteiger partial charge in [0.15, 0.2) is 0 Å². The molecule has 0 unspecified atom stereocenters. The summed E-state index contributed by atoms with van der Waals surface area (Å²) in [7, 11) is 0. The van der Waals surface area contributed by atoms with Crippen LogP contribution in [0.25, 0.3) is 0 Å². The normalized spacial score (nSPS) is 14.2. The molecule has 1 aromatic carbocycles. The number of aliphatic hydroxyl groups is 2. The van der Waals surface area contributed by atoms with E-state index >= 15 is 0 Å². The van der Waals surface area contributed by atoms with Gasteiger partial charge >= 0.3 is 0 Å². The molecule has 0 fully saturated rings. The topological polar surface area (TPSA) is 81.6 Å². The Morgan fingerprint density at radius 2 is 1.92 bits per heavy atom. The highest BCUT2D eigenvalue weighted by molar-refractivity contribution is 7.81. The first-order chi connectivity index (χ1) is 11.3. The SMILES string of the molecule is CC(C)(S)[C@@H](CNC[C@@H](O)CO)NC(=O)CCCc1ccccc1. The van der Waals surface area contributed by atoms with Crippen LogP contribution in [0.2, 0.25) is 0 Å². The summed E-state index contributed by atoms with van der Waals surface area (Å²) in [6, 6.07) is 9.94. The molecule has 1 aromatic rings. The van der Waals surface area contributed by atoms with E-state index in [1.54, 1.807) is 0 Å². The number of nitrogens with one attached hydrogen (secondary N) is 2. The van der Waals surface area contributed by atoms with Crippen molar-refractivity contribution >= 4 is 18.5 Å². The quantitative estimate of drug-likeness (QED) is 0.386. The molecule has 1 amide bonds. The maximum Gasteiger partial charge on any atom is 0.220 e. The van der Waals surface area contributed by atoms with E-state index in [4.69, 9.17) is 5.11 Å². The number of aryl methyl sites for hydroxylation is 1. The van der Waals surface area contributed by atoms with Crippen LogP contribution < -0.4 is 10.6 Å². The first-order valence-corrected chi connectivity index (χ1v) is 8.83. The number of thiol groups is 1. The van der Waals surface area contributed by atoms with Crippen LogP contribution in [0.15, 0.2) is 30.3 Å². The molecule has 0 bridgehead atoms. The Morgan fingerprint density at radius 1 is 1.25 bits per heavy atom. The van der Waals surface area contributed by atoms with E-state index in [1.165, 1.54) is 5.56 Å². The van der Waals surface area contributed by atoms with Gasteiger partial charge in [-0.1, -0.05) is 30.3 Å². The molecule has 0 saturated heterocycles. The Labute approximate surface area is 150 Å². The predicted octanol–water partition coefficient (Wildman–Crippen LogP) is 1.15. The van der Waals surface area contributed by atoms with Gasteiger partial charge in [0.05, 0.1) is 18.8 Å². The first-order valence-electron chi connectivity index (χ1n) is 8.38. The minimum absolute atomic E-state index is 0.00237. The predicted molar refractivity (Wildman–Crippen MR) is 100 cm³/mol. The highest BCUT2D eigenvalue weighted by atomic mass is 32.1. The van der Waals surface area contributed by atoms with Crippen molar-refractivity contribution in [2.45, 2.75) is 50.0 Å². The minimum Gasteiger partial charge on any atom is -0.394 e. The van der Waals surface area contributed by atoms with Crippen molar-refractivity contribution < 1.29 is 15.0 Å². The fourth-order valence-electron chi connectivity index (χ4n) is 2.30. The number of rotatable bonds is 11. The maximum atomic E-state index is 12.2. The molecule has 0 heterocycles. The molecule has 0 saturated carbocycles. The van der Waals surface area contributed by atoms with Gasteiger partial charge in [0, 0.05) is 24.3 Å². The number of carbonyl (C=O) groups is 1. The van der Waals surface area contributed by atoms with Crippen molar-refractivity contribution in [2.24, 2.45) is 0 Å². The van der Waals surface area contributed by atoms with Crippen LogP contribution >= 0.6 is 12.6 Å². The number of amides is 1. The standard InChI is InChI=1S/C18H30N2O3S/c1-18(2,24)16(12-19-11-15(22)13-21)20-17(23)10-6-9-14-7-4-3-5-8-14/h3-5,7-8,15-16,19,21-22,24H,6,9-13H2,1-2H3,(H,20,23)/t15-,16-/m1/s1. The highest BCUT2D eigenvalue weighted by Crippen LogP contribution is 2.17. The van der Waals surface area contributed by atoms with Crippen LogP contribution in [-0.4, -0.2) is 52.7 Å². The Kier molecular flexibility index (Phi) is 9.36. The van der Waals surface area contributed by atoms with Gasteiger partial charge in [0.2, 0.25) is 5.91 Å². The number of benzene rings is 1. The Morgan fingerprint density at radius 3 is 2.50 bits per heavy atom. The van der Waals surface area contributed by atoms with Gasteiger partial charge in [-0.25, -0.2) is 0 Å².